The monoisotopic (exact) mass is 322 g/mol. The van der Waals surface area contributed by atoms with E-state index in [-0.39, 0.29) is 5.91 Å². The average Bonchev–Trinajstić information content (AvgIpc) is 3.18. The van der Waals surface area contributed by atoms with Crippen molar-refractivity contribution in [3.05, 3.63) is 24.2 Å². The molecule has 6 nitrogen and oxygen atoms in total. The van der Waals surface area contributed by atoms with E-state index in [1.807, 2.05) is 12.1 Å². The molecule has 0 aromatic carbocycles. The third kappa shape index (κ3) is 4.56. The number of furan rings is 1. The molecule has 2 aliphatic rings. The lowest BCUT2D eigenvalue weighted by atomic mass is 10.0. The number of β-amino-alcohol motifs (C(OH)–C–C–N with tert-alkyl or cyclic N) is 1. The maximum atomic E-state index is 12.5. The van der Waals surface area contributed by atoms with Gasteiger partial charge in [0.2, 0.25) is 5.91 Å². The SMILES string of the molecule is O=C(CCc1ccco1)N1CCOC[C@@](O)(CN2CCCC2)C1. The van der Waals surface area contributed by atoms with Crippen molar-refractivity contribution >= 4 is 5.91 Å². The van der Waals surface area contributed by atoms with Gasteiger partial charge >= 0.3 is 0 Å². The topological polar surface area (TPSA) is 66.2 Å². The minimum atomic E-state index is -0.971. The lowest BCUT2D eigenvalue weighted by Gasteiger charge is -2.34. The number of carbonyl (C=O) groups is 1. The number of ether oxygens (including phenoxy) is 1. The van der Waals surface area contributed by atoms with E-state index in [0.29, 0.717) is 45.7 Å². The molecule has 0 spiro atoms. The first-order valence-electron chi connectivity index (χ1n) is 8.47. The van der Waals surface area contributed by atoms with Crippen LogP contribution < -0.4 is 0 Å². The van der Waals surface area contributed by atoms with Gasteiger partial charge in [-0.05, 0) is 38.1 Å². The first-order chi connectivity index (χ1) is 11.1. The molecule has 2 saturated heterocycles. The molecule has 0 saturated carbocycles. The van der Waals surface area contributed by atoms with Gasteiger partial charge in [-0.3, -0.25) is 4.79 Å². The molecule has 3 rings (SSSR count). The van der Waals surface area contributed by atoms with Crippen molar-refractivity contribution in [1.29, 1.82) is 0 Å². The number of nitrogens with zero attached hydrogens (tertiary/aromatic N) is 2. The predicted molar refractivity (Wildman–Crippen MR) is 85.1 cm³/mol. The van der Waals surface area contributed by atoms with Gasteiger partial charge in [-0.25, -0.2) is 0 Å². The number of amides is 1. The van der Waals surface area contributed by atoms with E-state index in [1.54, 1.807) is 11.2 Å². The second-order valence-corrected chi connectivity index (χ2v) is 6.65. The van der Waals surface area contributed by atoms with Gasteiger partial charge in [0, 0.05) is 25.9 Å². The molecule has 0 radical (unpaired) electrons. The minimum Gasteiger partial charge on any atom is -0.469 e. The molecule has 1 atom stereocenters. The fourth-order valence-electron chi connectivity index (χ4n) is 3.43. The number of likely N-dealkylation sites (tertiary alicyclic amines) is 1. The normalized spacial score (nSPS) is 26.4. The molecule has 6 heteroatoms. The van der Waals surface area contributed by atoms with E-state index < -0.39 is 5.60 Å². The molecule has 0 aliphatic carbocycles. The first kappa shape index (κ1) is 16.5. The Balaban J connectivity index is 1.56. The summed E-state index contributed by atoms with van der Waals surface area (Å²) in [7, 11) is 0. The summed E-state index contributed by atoms with van der Waals surface area (Å²) in [6.45, 7) is 4.29. The van der Waals surface area contributed by atoms with E-state index in [4.69, 9.17) is 9.15 Å². The van der Waals surface area contributed by atoms with E-state index >= 15 is 0 Å². The van der Waals surface area contributed by atoms with Crippen molar-refractivity contribution in [2.45, 2.75) is 31.3 Å². The van der Waals surface area contributed by atoms with Crippen molar-refractivity contribution in [2.24, 2.45) is 0 Å². The van der Waals surface area contributed by atoms with Crippen LogP contribution >= 0.6 is 0 Å². The second kappa shape index (κ2) is 7.47. The number of carbonyl (C=O) groups excluding carboxylic acids is 1. The Morgan fingerprint density at radius 3 is 2.87 bits per heavy atom. The number of aliphatic hydroxyl groups is 1. The van der Waals surface area contributed by atoms with Gasteiger partial charge in [0.05, 0.1) is 26.0 Å². The summed E-state index contributed by atoms with van der Waals surface area (Å²) >= 11 is 0. The first-order valence-corrected chi connectivity index (χ1v) is 8.47. The van der Waals surface area contributed by atoms with E-state index in [1.165, 1.54) is 12.8 Å². The van der Waals surface area contributed by atoms with E-state index in [2.05, 4.69) is 4.90 Å². The standard InChI is InChI=1S/C17H26N2O4/c20-16(6-5-15-4-3-10-23-15)19-9-11-22-14-17(21,13-19)12-18-7-1-2-8-18/h3-4,10,21H,1-2,5-9,11-14H2/t17-/m1/s1. The van der Waals surface area contributed by atoms with Crippen LogP contribution in [-0.4, -0.2) is 72.4 Å². The average molecular weight is 322 g/mol. The largest absolute Gasteiger partial charge is 0.469 e. The Hall–Kier alpha value is -1.37. The maximum absolute atomic E-state index is 12.5. The van der Waals surface area contributed by atoms with Crippen LogP contribution in [0.15, 0.2) is 22.8 Å². The van der Waals surface area contributed by atoms with Crippen LogP contribution in [0.1, 0.15) is 25.0 Å². The highest BCUT2D eigenvalue weighted by Crippen LogP contribution is 2.18. The highest BCUT2D eigenvalue weighted by atomic mass is 16.5. The molecule has 2 fully saturated rings. The summed E-state index contributed by atoms with van der Waals surface area (Å²) in [5.41, 5.74) is -0.971. The number of aryl methyl sites for hydroxylation is 1. The van der Waals surface area contributed by atoms with Crippen molar-refractivity contribution in [3.63, 3.8) is 0 Å². The van der Waals surface area contributed by atoms with Gasteiger partial charge in [0.1, 0.15) is 11.4 Å². The van der Waals surface area contributed by atoms with Gasteiger partial charge in [-0.1, -0.05) is 0 Å². The Labute approximate surface area is 137 Å². The van der Waals surface area contributed by atoms with Crippen LogP contribution in [0.2, 0.25) is 0 Å². The molecule has 2 aliphatic heterocycles. The van der Waals surface area contributed by atoms with Gasteiger partial charge < -0.3 is 24.1 Å². The van der Waals surface area contributed by atoms with Crippen LogP contribution in [-0.2, 0) is 16.0 Å². The van der Waals surface area contributed by atoms with E-state index in [0.717, 1.165) is 18.8 Å². The summed E-state index contributed by atoms with van der Waals surface area (Å²) < 4.78 is 10.8. The fourth-order valence-corrected chi connectivity index (χ4v) is 3.43. The lowest BCUT2D eigenvalue weighted by molar-refractivity contribution is -0.134. The fraction of sp³-hybridized carbons (Fsp3) is 0.706. The summed E-state index contributed by atoms with van der Waals surface area (Å²) in [5.74, 6) is 0.864. The Morgan fingerprint density at radius 2 is 2.13 bits per heavy atom. The Bertz CT molecular complexity index is 499. The lowest BCUT2D eigenvalue weighted by Crippen LogP contribution is -2.53. The molecule has 0 bridgehead atoms. The molecule has 1 aromatic rings. The molecule has 0 unspecified atom stereocenters. The van der Waals surface area contributed by atoms with Crippen LogP contribution in [0.3, 0.4) is 0 Å². The molecular formula is C17H26N2O4. The number of hydrogen-bond donors (Lipinski definition) is 1. The van der Waals surface area contributed by atoms with Crippen molar-refractivity contribution < 1.29 is 19.1 Å². The van der Waals surface area contributed by atoms with Gasteiger partial charge in [-0.2, -0.15) is 0 Å². The molecule has 1 N–H and O–H groups in total. The zero-order valence-corrected chi connectivity index (χ0v) is 13.6. The highest BCUT2D eigenvalue weighted by molar-refractivity contribution is 5.76. The molecular weight excluding hydrogens is 296 g/mol. The van der Waals surface area contributed by atoms with E-state index in [9.17, 15) is 9.90 Å². The van der Waals surface area contributed by atoms with Crippen molar-refractivity contribution in [1.82, 2.24) is 9.80 Å². The summed E-state index contributed by atoms with van der Waals surface area (Å²) in [5, 5.41) is 10.9. The molecule has 23 heavy (non-hydrogen) atoms. The third-order valence-electron chi connectivity index (χ3n) is 4.60. The maximum Gasteiger partial charge on any atom is 0.223 e. The molecule has 3 heterocycles. The number of rotatable bonds is 5. The van der Waals surface area contributed by atoms with Crippen molar-refractivity contribution in [3.8, 4) is 0 Å². The predicted octanol–water partition coefficient (Wildman–Crippen LogP) is 0.898. The van der Waals surface area contributed by atoms with Gasteiger partial charge in [-0.15, -0.1) is 0 Å². The molecule has 128 valence electrons. The van der Waals surface area contributed by atoms with Crippen LogP contribution in [0.5, 0.6) is 0 Å². The van der Waals surface area contributed by atoms with Gasteiger partial charge in [0.25, 0.3) is 0 Å². The Morgan fingerprint density at radius 1 is 1.30 bits per heavy atom. The number of hydrogen-bond acceptors (Lipinski definition) is 5. The zero-order valence-electron chi connectivity index (χ0n) is 13.6. The smallest absolute Gasteiger partial charge is 0.223 e. The zero-order chi connectivity index (χ0) is 16.1. The van der Waals surface area contributed by atoms with Crippen LogP contribution in [0.4, 0.5) is 0 Å². The van der Waals surface area contributed by atoms with Crippen molar-refractivity contribution in [2.75, 3.05) is 45.9 Å². The summed E-state index contributed by atoms with van der Waals surface area (Å²) in [6, 6.07) is 3.71. The Kier molecular flexibility index (Phi) is 5.35. The second-order valence-electron chi connectivity index (χ2n) is 6.65. The minimum absolute atomic E-state index is 0.0479. The highest BCUT2D eigenvalue weighted by Gasteiger charge is 2.36. The summed E-state index contributed by atoms with van der Waals surface area (Å²) in [4.78, 5) is 16.5. The van der Waals surface area contributed by atoms with Crippen LogP contribution in [0, 0.1) is 0 Å². The third-order valence-corrected chi connectivity index (χ3v) is 4.60. The molecule has 1 aromatic heterocycles. The quantitative estimate of drug-likeness (QED) is 0.872. The molecule has 1 amide bonds. The van der Waals surface area contributed by atoms with Gasteiger partial charge in [0.15, 0.2) is 0 Å². The summed E-state index contributed by atoms with van der Waals surface area (Å²) in [6.07, 6.45) is 4.97. The van der Waals surface area contributed by atoms with Crippen LogP contribution in [0.25, 0.3) is 0 Å².